The Kier molecular flexibility index (Phi) is 4.47. The van der Waals surface area contributed by atoms with E-state index in [1.54, 1.807) is 6.20 Å². The molecule has 17 heavy (non-hydrogen) atoms. The fourth-order valence-electron chi connectivity index (χ4n) is 1.71. The van der Waals surface area contributed by atoms with E-state index in [0.29, 0.717) is 11.4 Å². The van der Waals surface area contributed by atoms with E-state index in [9.17, 15) is 4.79 Å². The number of rotatable bonds is 4. The van der Waals surface area contributed by atoms with Crippen LogP contribution >= 0.6 is 11.3 Å². The van der Waals surface area contributed by atoms with Crippen molar-refractivity contribution in [2.24, 2.45) is 0 Å². The van der Waals surface area contributed by atoms with Gasteiger partial charge in [-0.2, -0.15) is 0 Å². The molecule has 0 atom stereocenters. The number of nitrogens with zero attached hydrogens (tertiary/aromatic N) is 2. The first-order chi connectivity index (χ1) is 8.25. The van der Waals surface area contributed by atoms with Gasteiger partial charge in [-0.05, 0) is 6.92 Å². The van der Waals surface area contributed by atoms with E-state index < -0.39 is 0 Å². The first-order valence-corrected chi connectivity index (χ1v) is 6.58. The van der Waals surface area contributed by atoms with E-state index in [4.69, 9.17) is 4.74 Å². The number of aromatic nitrogens is 1. The van der Waals surface area contributed by atoms with E-state index in [1.807, 2.05) is 6.92 Å². The first-order valence-electron chi connectivity index (χ1n) is 5.76. The Morgan fingerprint density at radius 2 is 2.35 bits per heavy atom. The predicted molar refractivity (Wildman–Crippen MR) is 66.4 cm³/mol. The van der Waals surface area contributed by atoms with Gasteiger partial charge in [0.25, 0.3) is 5.91 Å². The summed E-state index contributed by atoms with van der Waals surface area (Å²) in [5.74, 6) is -0.0242. The van der Waals surface area contributed by atoms with Gasteiger partial charge in [0.05, 0.1) is 24.4 Å². The van der Waals surface area contributed by atoms with Gasteiger partial charge in [-0.3, -0.25) is 9.69 Å². The number of amides is 1. The van der Waals surface area contributed by atoms with Crippen LogP contribution in [0.1, 0.15) is 14.7 Å². The Morgan fingerprint density at radius 1 is 1.59 bits per heavy atom. The molecule has 94 valence electrons. The molecule has 0 bridgehead atoms. The second-order valence-electron chi connectivity index (χ2n) is 3.95. The summed E-state index contributed by atoms with van der Waals surface area (Å²) in [6.45, 7) is 6.95. The Morgan fingerprint density at radius 3 is 3.00 bits per heavy atom. The van der Waals surface area contributed by atoms with Crippen LogP contribution in [-0.2, 0) is 4.74 Å². The molecule has 1 fully saturated rings. The van der Waals surface area contributed by atoms with Gasteiger partial charge in [-0.1, -0.05) is 0 Å². The average molecular weight is 255 g/mol. The third-order valence-electron chi connectivity index (χ3n) is 2.66. The summed E-state index contributed by atoms with van der Waals surface area (Å²) in [5.41, 5.74) is 0. The van der Waals surface area contributed by atoms with Crippen molar-refractivity contribution < 1.29 is 9.53 Å². The average Bonchev–Trinajstić information content (AvgIpc) is 2.77. The summed E-state index contributed by atoms with van der Waals surface area (Å²) >= 11 is 1.43. The van der Waals surface area contributed by atoms with E-state index >= 15 is 0 Å². The van der Waals surface area contributed by atoms with Crippen molar-refractivity contribution in [1.82, 2.24) is 15.2 Å². The van der Waals surface area contributed by atoms with Crippen LogP contribution in [0.2, 0.25) is 0 Å². The number of nitrogens with one attached hydrogen (secondary N) is 1. The molecule has 1 aliphatic rings. The molecule has 2 heterocycles. The van der Waals surface area contributed by atoms with Crippen molar-refractivity contribution in [3.8, 4) is 0 Å². The van der Waals surface area contributed by atoms with Crippen LogP contribution in [0.5, 0.6) is 0 Å². The van der Waals surface area contributed by atoms with Crippen molar-refractivity contribution in [1.29, 1.82) is 0 Å². The molecule has 5 nitrogen and oxygen atoms in total. The van der Waals surface area contributed by atoms with Crippen molar-refractivity contribution in [2.75, 3.05) is 39.4 Å². The lowest BCUT2D eigenvalue weighted by Gasteiger charge is -2.26. The highest BCUT2D eigenvalue weighted by Crippen LogP contribution is 2.10. The third kappa shape index (κ3) is 3.76. The molecule has 1 aromatic rings. The molecule has 1 amide bonds. The van der Waals surface area contributed by atoms with Gasteiger partial charge in [-0.15, -0.1) is 11.3 Å². The number of thiazole rings is 1. The zero-order valence-electron chi connectivity index (χ0n) is 9.94. The fourth-order valence-corrected chi connectivity index (χ4v) is 2.40. The molecule has 0 unspecified atom stereocenters. The third-order valence-corrected chi connectivity index (χ3v) is 3.57. The Bertz CT molecular complexity index is 375. The predicted octanol–water partition coefficient (Wildman–Crippen LogP) is 0.514. The molecule has 1 aliphatic heterocycles. The maximum absolute atomic E-state index is 11.7. The normalized spacial score (nSPS) is 17.0. The lowest BCUT2D eigenvalue weighted by Crippen LogP contribution is -2.41. The smallest absolute Gasteiger partial charge is 0.263 e. The van der Waals surface area contributed by atoms with E-state index in [1.165, 1.54) is 11.3 Å². The zero-order chi connectivity index (χ0) is 12.1. The molecule has 2 rings (SSSR count). The van der Waals surface area contributed by atoms with Gasteiger partial charge in [0, 0.05) is 26.2 Å². The number of hydrogen-bond acceptors (Lipinski definition) is 5. The zero-order valence-corrected chi connectivity index (χ0v) is 10.8. The summed E-state index contributed by atoms with van der Waals surface area (Å²) in [4.78, 5) is 18.8. The molecule has 6 heteroatoms. The van der Waals surface area contributed by atoms with Gasteiger partial charge in [-0.25, -0.2) is 4.98 Å². The maximum atomic E-state index is 11.7. The summed E-state index contributed by atoms with van der Waals surface area (Å²) in [7, 11) is 0. The van der Waals surface area contributed by atoms with Crippen molar-refractivity contribution in [3.63, 3.8) is 0 Å². The number of ether oxygens (including phenoxy) is 1. The van der Waals surface area contributed by atoms with Crippen LogP contribution in [0.25, 0.3) is 0 Å². The van der Waals surface area contributed by atoms with Gasteiger partial charge >= 0.3 is 0 Å². The molecule has 0 aromatic carbocycles. The monoisotopic (exact) mass is 255 g/mol. The summed E-state index contributed by atoms with van der Waals surface area (Å²) < 4.78 is 5.26. The number of morpholine rings is 1. The number of carbonyl (C=O) groups excluding carboxylic acids is 1. The molecule has 1 saturated heterocycles. The van der Waals surface area contributed by atoms with Crippen molar-refractivity contribution in [2.45, 2.75) is 6.92 Å². The van der Waals surface area contributed by atoms with Gasteiger partial charge in [0.2, 0.25) is 0 Å². The summed E-state index contributed by atoms with van der Waals surface area (Å²) in [5, 5.41) is 3.83. The first kappa shape index (κ1) is 12.5. The quantitative estimate of drug-likeness (QED) is 0.852. The highest BCUT2D eigenvalue weighted by atomic mass is 32.1. The minimum Gasteiger partial charge on any atom is -0.379 e. The SMILES string of the molecule is Cc1ncc(C(=O)NCCN2CCOCC2)s1. The molecular formula is C11H17N3O2S. The molecule has 0 saturated carbocycles. The van der Waals surface area contributed by atoms with E-state index in [-0.39, 0.29) is 5.91 Å². The Hall–Kier alpha value is -0.980. The Labute approximate surface area is 105 Å². The Balaban J connectivity index is 1.69. The van der Waals surface area contributed by atoms with E-state index in [2.05, 4.69) is 15.2 Å². The van der Waals surface area contributed by atoms with Crippen LogP contribution in [0, 0.1) is 6.92 Å². The van der Waals surface area contributed by atoms with Crippen molar-refractivity contribution >= 4 is 17.2 Å². The maximum Gasteiger partial charge on any atom is 0.263 e. The van der Waals surface area contributed by atoms with E-state index in [0.717, 1.165) is 37.9 Å². The highest BCUT2D eigenvalue weighted by molar-refractivity contribution is 7.13. The van der Waals surface area contributed by atoms with Crippen LogP contribution in [0.4, 0.5) is 0 Å². The standard InChI is InChI=1S/C11H17N3O2S/c1-9-13-8-10(17-9)11(15)12-2-3-14-4-6-16-7-5-14/h8H,2-7H2,1H3,(H,12,15). The molecule has 0 aliphatic carbocycles. The second-order valence-corrected chi connectivity index (χ2v) is 5.19. The lowest BCUT2D eigenvalue weighted by molar-refractivity contribution is 0.0383. The second kappa shape index (κ2) is 6.09. The van der Waals surface area contributed by atoms with Crippen LogP contribution < -0.4 is 5.32 Å². The summed E-state index contributed by atoms with van der Waals surface area (Å²) in [6, 6.07) is 0. The van der Waals surface area contributed by atoms with Crippen LogP contribution in [0.15, 0.2) is 6.20 Å². The van der Waals surface area contributed by atoms with Crippen LogP contribution in [0.3, 0.4) is 0 Å². The minimum atomic E-state index is -0.0242. The molecule has 0 spiro atoms. The lowest BCUT2D eigenvalue weighted by atomic mass is 10.4. The number of carbonyl (C=O) groups is 1. The van der Waals surface area contributed by atoms with Gasteiger partial charge in [0.1, 0.15) is 4.88 Å². The molecular weight excluding hydrogens is 238 g/mol. The molecule has 1 N–H and O–H groups in total. The van der Waals surface area contributed by atoms with Crippen LogP contribution in [-0.4, -0.2) is 55.2 Å². The van der Waals surface area contributed by atoms with Gasteiger partial charge < -0.3 is 10.1 Å². The fraction of sp³-hybridized carbons (Fsp3) is 0.636. The molecule has 1 aromatic heterocycles. The minimum absolute atomic E-state index is 0.0242. The highest BCUT2D eigenvalue weighted by Gasteiger charge is 2.11. The topological polar surface area (TPSA) is 54.5 Å². The number of aryl methyl sites for hydroxylation is 1. The van der Waals surface area contributed by atoms with Gasteiger partial charge in [0.15, 0.2) is 0 Å². The summed E-state index contributed by atoms with van der Waals surface area (Å²) in [6.07, 6.45) is 1.63. The largest absolute Gasteiger partial charge is 0.379 e. The number of hydrogen-bond donors (Lipinski definition) is 1. The molecule has 0 radical (unpaired) electrons. The van der Waals surface area contributed by atoms with Crippen molar-refractivity contribution in [3.05, 3.63) is 16.1 Å².